The van der Waals surface area contributed by atoms with Gasteiger partial charge in [-0.15, -0.1) is 0 Å². The van der Waals surface area contributed by atoms with Crippen LogP contribution >= 0.6 is 11.6 Å². The highest BCUT2D eigenvalue weighted by atomic mass is 35.5. The molecule has 2 rings (SSSR count). The van der Waals surface area contributed by atoms with Crippen molar-refractivity contribution < 1.29 is 12.8 Å². The van der Waals surface area contributed by atoms with Crippen LogP contribution in [-0.4, -0.2) is 14.6 Å². The fourth-order valence-corrected chi connectivity index (χ4v) is 2.47. The average Bonchev–Trinajstić information content (AvgIpc) is 2.43. The van der Waals surface area contributed by atoms with Crippen molar-refractivity contribution in [3.63, 3.8) is 0 Å². The van der Waals surface area contributed by atoms with Crippen LogP contribution in [0.4, 0.5) is 4.39 Å². The second-order valence-electron chi connectivity index (χ2n) is 3.80. The molecule has 4 nitrogen and oxygen atoms in total. The molecule has 0 atom stereocenters. The van der Waals surface area contributed by atoms with Crippen molar-refractivity contribution in [1.82, 2.24) is 4.83 Å². The molecule has 0 radical (unpaired) electrons. The fraction of sp³-hybridized carbons (Fsp3) is 0. The van der Waals surface area contributed by atoms with Crippen molar-refractivity contribution in [1.29, 1.82) is 0 Å². The van der Waals surface area contributed by atoms with E-state index in [0.29, 0.717) is 0 Å². The van der Waals surface area contributed by atoms with Gasteiger partial charge < -0.3 is 0 Å². The van der Waals surface area contributed by atoms with Gasteiger partial charge in [-0.1, -0.05) is 35.9 Å². The van der Waals surface area contributed by atoms with Crippen molar-refractivity contribution in [2.24, 2.45) is 5.10 Å². The lowest BCUT2D eigenvalue weighted by Crippen LogP contribution is -2.18. The summed E-state index contributed by atoms with van der Waals surface area (Å²) in [5, 5.41) is 3.67. The minimum atomic E-state index is -3.77. The molecular weight excluding hydrogens is 303 g/mol. The molecule has 20 heavy (non-hydrogen) atoms. The minimum Gasteiger partial charge on any atom is -0.206 e. The van der Waals surface area contributed by atoms with Crippen LogP contribution in [0.25, 0.3) is 0 Å². The second-order valence-corrected chi connectivity index (χ2v) is 5.87. The van der Waals surface area contributed by atoms with Gasteiger partial charge in [0, 0.05) is 5.56 Å². The molecule has 0 amide bonds. The Labute approximate surface area is 120 Å². The number of nitrogens with one attached hydrogen (secondary N) is 1. The molecule has 104 valence electrons. The third kappa shape index (κ3) is 3.34. The van der Waals surface area contributed by atoms with Crippen LogP contribution in [0.2, 0.25) is 5.02 Å². The van der Waals surface area contributed by atoms with Gasteiger partial charge in [-0.3, -0.25) is 0 Å². The third-order valence-corrected chi connectivity index (χ3v) is 3.99. The molecule has 0 saturated carbocycles. The first-order valence-electron chi connectivity index (χ1n) is 5.54. The predicted molar refractivity (Wildman–Crippen MR) is 75.8 cm³/mol. The first kappa shape index (κ1) is 14.5. The van der Waals surface area contributed by atoms with Crippen molar-refractivity contribution in [3.8, 4) is 0 Å². The van der Waals surface area contributed by atoms with E-state index in [1.807, 2.05) is 4.83 Å². The monoisotopic (exact) mass is 312 g/mol. The van der Waals surface area contributed by atoms with E-state index in [9.17, 15) is 12.8 Å². The average molecular weight is 313 g/mol. The molecule has 2 aromatic carbocycles. The molecule has 0 heterocycles. The van der Waals surface area contributed by atoms with Gasteiger partial charge in [0.1, 0.15) is 5.82 Å². The zero-order valence-corrected chi connectivity index (χ0v) is 11.7. The van der Waals surface area contributed by atoms with Crippen LogP contribution in [0, 0.1) is 5.82 Å². The lowest BCUT2D eigenvalue weighted by molar-refractivity contribution is 0.584. The van der Waals surface area contributed by atoms with Gasteiger partial charge in [0.15, 0.2) is 0 Å². The summed E-state index contributed by atoms with van der Waals surface area (Å²) < 4.78 is 37.1. The van der Waals surface area contributed by atoms with Gasteiger partial charge in [0.2, 0.25) is 0 Å². The molecule has 2 aromatic rings. The Balaban J connectivity index is 2.19. The maximum absolute atomic E-state index is 13.4. The molecule has 0 aliphatic heterocycles. The van der Waals surface area contributed by atoms with Crippen LogP contribution in [0.1, 0.15) is 5.56 Å². The number of hydrogen-bond acceptors (Lipinski definition) is 3. The molecule has 0 aromatic heterocycles. The van der Waals surface area contributed by atoms with E-state index >= 15 is 0 Å². The molecule has 1 N–H and O–H groups in total. The topological polar surface area (TPSA) is 58.5 Å². The van der Waals surface area contributed by atoms with Gasteiger partial charge >= 0.3 is 0 Å². The summed E-state index contributed by atoms with van der Waals surface area (Å²) >= 11 is 5.79. The molecule has 0 unspecified atom stereocenters. The van der Waals surface area contributed by atoms with Crippen LogP contribution in [0.3, 0.4) is 0 Å². The standard InChI is InChI=1S/C13H10ClFN2O2S/c14-12-7-4-8-13(15)11(12)9-16-17-20(18,19)10-5-2-1-3-6-10/h1-9,17H/b16-9-. The van der Waals surface area contributed by atoms with Gasteiger partial charge in [-0.05, 0) is 24.3 Å². The van der Waals surface area contributed by atoms with Crippen LogP contribution in [0.15, 0.2) is 58.5 Å². The lowest BCUT2D eigenvalue weighted by Gasteiger charge is -2.03. The van der Waals surface area contributed by atoms with Gasteiger partial charge in [0.05, 0.1) is 16.1 Å². The minimum absolute atomic E-state index is 0.0185. The van der Waals surface area contributed by atoms with Gasteiger partial charge in [0.25, 0.3) is 10.0 Å². The molecular formula is C13H10ClFN2O2S. The highest BCUT2D eigenvalue weighted by molar-refractivity contribution is 7.89. The quantitative estimate of drug-likeness (QED) is 0.697. The van der Waals surface area contributed by atoms with E-state index in [1.165, 1.54) is 30.3 Å². The molecule has 0 aliphatic carbocycles. The number of nitrogens with zero attached hydrogens (tertiary/aromatic N) is 1. The summed E-state index contributed by atoms with van der Waals surface area (Å²) in [7, 11) is -3.77. The zero-order valence-electron chi connectivity index (χ0n) is 10.1. The molecule has 0 fully saturated rings. The van der Waals surface area contributed by atoms with E-state index in [1.54, 1.807) is 18.2 Å². The number of halogens is 2. The second kappa shape index (κ2) is 6.02. The highest BCUT2D eigenvalue weighted by Gasteiger charge is 2.11. The van der Waals surface area contributed by atoms with E-state index in [-0.39, 0.29) is 15.5 Å². The number of rotatable bonds is 4. The Morgan fingerprint density at radius 2 is 1.80 bits per heavy atom. The van der Waals surface area contributed by atoms with Crippen molar-refractivity contribution in [2.75, 3.05) is 0 Å². The summed E-state index contributed by atoms with van der Waals surface area (Å²) in [5.41, 5.74) is 0.0185. The van der Waals surface area contributed by atoms with Gasteiger partial charge in [-0.25, -0.2) is 9.22 Å². The molecule has 0 spiro atoms. The van der Waals surface area contributed by atoms with E-state index in [0.717, 1.165) is 6.21 Å². The summed E-state index contributed by atoms with van der Waals surface area (Å²) in [6, 6.07) is 11.9. The summed E-state index contributed by atoms with van der Waals surface area (Å²) in [5.74, 6) is -0.583. The maximum Gasteiger partial charge on any atom is 0.276 e. The number of hydrazone groups is 1. The number of benzene rings is 2. The Hall–Kier alpha value is -1.92. The number of hydrogen-bond donors (Lipinski definition) is 1. The molecule has 0 bridgehead atoms. The Bertz CT molecular complexity index is 713. The normalized spacial score (nSPS) is 11.7. The lowest BCUT2D eigenvalue weighted by atomic mass is 10.2. The molecule has 0 saturated heterocycles. The van der Waals surface area contributed by atoms with E-state index in [2.05, 4.69) is 5.10 Å². The SMILES string of the molecule is O=S(=O)(N/N=C\c1c(F)cccc1Cl)c1ccccc1. The van der Waals surface area contributed by atoms with E-state index in [4.69, 9.17) is 11.6 Å². The first-order chi connectivity index (χ1) is 9.50. The smallest absolute Gasteiger partial charge is 0.206 e. The third-order valence-electron chi connectivity index (χ3n) is 2.42. The largest absolute Gasteiger partial charge is 0.276 e. The van der Waals surface area contributed by atoms with Crippen molar-refractivity contribution in [2.45, 2.75) is 4.90 Å². The van der Waals surface area contributed by atoms with Crippen molar-refractivity contribution >= 4 is 27.8 Å². The van der Waals surface area contributed by atoms with E-state index < -0.39 is 15.8 Å². The zero-order chi connectivity index (χ0) is 14.6. The molecule has 0 aliphatic rings. The summed E-state index contributed by atoms with van der Waals surface area (Å²) in [4.78, 5) is 2.06. The highest BCUT2D eigenvalue weighted by Crippen LogP contribution is 2.16. The van der Waals surface area contributed by atoms with Crippen LogP contribution in [-0.2, 0) is 10.0 Å². The summed E-state index contributed by atoms with van der Waals surface area (Å²) in [6.07, 6.45) is 1.03. The predicted octanol–water partition coefficient (Wildman–Crippen LogP) is 2.79. The van der Waals surface area contributed by atoms with Crippen LogP contribution < -0.4 is 4.83 Å². The maximum atomic E-state index is 13.4. The van der Waals surface area contributed by atoms with Crippen LogP contribution in [0.5, 0.6) is 0 Å². The Kier molecular flexibility index (Phi) is 4.36. The van der Waals surface area contributed by atoms with Crippen molar-refractivity contribution in [3.05, 3.63) is 64.9 Å². The van der Waals surface area contributed by atoms with Gasteiger partial charge in [-0.2, -0.15) is 13.5 Å². The fourth-order valence-electron chi connectivity index (χ4n) is 1.45. The Morgan fingerprint density at radius 1 is 1.10 bits per heavy atom. The summed E-state index contributed by atoms with van der Waals surface area (Å²) in [6.45, 7) is 0. The molecule has 7 heteroatoms. The first-order valence-corrected chi connectivity index (χ1v) is 7.41. The number of sulfonamides is 1. The Morgan fingerprint density at radius 3 is 2.45 bits per heavy atom.